The van der Waals surface area contributed by atoms with Crippen molar-refractivity contribution in [1.29, 1.82) is 0 Å². The number of nitrogens with two attached hydrogens (primary N) is 1. The second-order valence-corrected chi connectivity index (χ2v) is 5.53. The number of halogens is 2. The summed E-state index contributed by atoms with van der Waals surface area (Å²) in [5.74, 6) is 5.40. The Morgan fingerprint density at radius 3 is 2.70 bits per heavy atom. The second kappa shape index (κ2) is 6.97. The summed E-state index contributed by atoms with van der Waals surface area (Å²) in [5, 5.41) is 0. The Hall–Kier alpha value is -1.23. The molecule has 0 bridgehead atoms. The van der Waals surface area contributed by atoms with Crippen molar-refractivity contribution in [2.75, 3.05) is 0 Å². The highest BCUT2D eigenvalue weighted by Gasteiger charge is 2.17. The van der Waals surface area contributed by atoms with Crippen molar-refractivity contribution >= 4 is 15.9 Å². The fourth-order valence-electron chi connectivity index (χ4n) is 2.33. The van der Waals surface area contributed by atoms with Crippen molar-refractivity contribution in [3.63, 3.8) is 0 Å². The summed E-state index contributed by atoms with van der Waals surface area (Å²) in [6.07, 6.45) is 2.11. The van der Waals surface area contributed by atoms with Gasteiger partial charge in [0.25, 0.3) is 0 Å². The monoisotopic (exact) mass is 336 g/mol. The van der Waals surface area contributed by atoms with E-state index in [1.165, 1.54) is 11.6 Å². The first-order chi connectivity index (χ1) is 9.67. The molecule has 0 aliphatic heterocycles. The van der Waals surface area contributed by atoms with Gasteiger partial charge in [-0.2, -0.15) is 0 Å². The third kappa shape index (κ3) is 3.26. The Balaban J connectivity index is 2.41. The molecule has 0 heterocycles. The molecule has 2 aromatic carbocycles. The second-order valence-electron chi connectivity index (χ2n) is 4.74. The molecule has 1 unspecified atom stereocenters. The average molecular weight is 337 g/mol. The van der Waals surface area contributed by atoms with Gasteiger partial charge in [-0.25, -0.2) is 9.82 Å². The molecule has 2 nitrogen and oxygen atoms in total. The molecule has 0 aliphatic carbocycles. The van der Waals surface area contributed by atoms with Gasteiger partial charge in [-0.3, -0.25) is 5.84 Å². The SMILES string of the molecule is CCCc1cccc(C(NN)c2cccc(F)c2Br)c1. The standard InChI is InChI=1S/C16H18BrFN2/c1-2-5-11-6-3-7-12(10-11)16(20-19)13-8-4-9-14(18)15(13)17/h3-4,6-10,16,20H,2,5,19H2,1H3. The van der Waals surface area contributed by atoms with Crippen LogP contribution in [0.4, 0.5) is 4.39 Å². The van der Waals surface area contributed by atoms with Crippen LogP contribution in [0.1, 0.15) is 36.1 Å². The highest BCUT2D eigenvalue weighted by Crippen LogP contribution is 2.30. The highest BCUT2D eigenvalue weighted by atomic mass is 79.9. The topological polar surface area (TPSA) is 38.0 Å². The lowest BCUT2D eigenvalue weighted by atomic mass is 9.96. The molecule has 0 saturated carbocycles. The molecule has 4 heteroatoms. The molecule has 0 aliphatic rings. The molecule has 0 fully saturated rings. The van der Waals surface area contributed by atoms with Crippen LogP contribution in [0.15, 0.2) is 46.9 Å². The van der Waals surface area contributed by atoms with Crippen molar-refractivity contribution in [3.8, 4) is 0 Å². The third-order valence-corrected chi connectivity index (χ3v) is 4.12. The fourth-order valence-corrected chi connectivity index (χ4v) is 2.82. The van der Waals surface area contributed by atoms with Gasteiger partial charge in [0.15, 0.2) is 0 Å². The largest absolute Gasteiger partial charge is 0.271 e. The summed E-state index contributed by atoms with van der Waals surface area (Å²) < 4.78 is 14.1. The first kappa shape index (κ1) is 15.2. The predicted octanol–water partition coefficient (Wildman–Crippen LogP) is 4.09. The summed E-state index contributed by atoms with van der Waals surface area (Å²) in [7, 11) is 0. The lowest BCUT2D eigenvalue weighted by Gasteiger charge is -2.19. The van der Waals surface area contributed by atoms with Gasteiger partial charge in [0.2, 0.25) is 0 Å². The van der Waals surface area contributed by atoms with Crippen molar-refractivity contribution < 1.29 is 4.39 Å². The van der Waals surface area contributed by atoms with Gasteiger partial charge in [0.1, 0.15) is 5.82 Å². The molecule has 0 saturated heterocycles. The smallest absolute Gasteiger partial charge is 0.137 e. The molecular formula is C16H18BrFN2. The van der Waals surface area contributed by atoms with Crippen LogP contribution in [0.2, 0.25) is 0 Å². The van der Waals surface area contributed by atoms with Crippen LogP contribution >= 0.6 is 15.9 Å². The number of hydrazine groups is 1. The van der Waals surface area contributed by atoms with Gasteiger partial charge >= 0.3 is 0 Å². The van der Waals surface area contributed by atoms with Crippen molar-refractivity contribution in [2.45, 2.75) is 25.8 Å². The number of aryl methyl sites for hydroxylation is 1. The predicted molar refractivity (Wildman–Crippen MR) is 83.7 cm³/mol. The van der Waals surface area contributed by atoms with E-state index in [2.05, 4.69) is 40.4 Å². The average Bonchev–Trinajstić information content (AvgIpc) is 2.45. The van der Waals surface area contributed by atoms with E-state index in [-0.39, 0.29) is 11.9 Å². The molecule has 0 amide bonds. The Labute approximate surface area is 127 Å². The van der Waals surface area contributed by atoms with Crippen LogP contribution < -0.4 is 11.3 Å². The zero-order valence-electron chi connectivity index (χ0n) is 11.4. The quantitative estimate of drug-likeness (QED) is 0.637. The summed E-state index contributed by atoms with van der Waals surface area (Å²) >= 11 is 3.30. The van der Waals surface area contributed by atoms with Crippen LogP contribution in [0.5, 0.6) is 0 Å². The molecule has 2 aromatic rings. The molecule has 106 valence electrons. The van der Waals surface area contributed by atoms with Crippen LogP contribution in [-0.2, 0) is 6.42 Å². The van der Waals surface area contributed by atoms with Crippen molar-refractivity contribution in [2.24, 2.45) is 5.84 Å². The summed E-state index contributed by atoms with van der Waals surface area (Å²) in [5.41, 5.74) is 5.86. The molecule has 2 rings (SSSR count). The van der Waals surface area contributed by atoms with Gasteiger partial charge in [0, 0.05) is 0 Å². The third-order valence-electron chi connectivity index (χ3n) is 3.28. The van der Waals surface area contributed by atoms with E-state index < -0.39 is 0 Å². The van der Waals surface area contributed by atoms with E-state index >= 15 is 0 Å². The highest BCUT2D eigenvalue weighted by molar-refractivity contribution is 9.10. The number of nitrogens with one attached hydrogen (secondary N) is 1. The summed E-state index contributed by atoms with van der Waals surface area (Å²) in [6, 6.07) is 13.0. The summed E-state index contributed by atoms with van der Waals surface area (Å²) in [6.45, 7) is 2.15. The van der Waals surface area contributed by atoms with Gasteiger partial charge in [-0.15, -0.1) is 0 Å². The van der Waals surface area contributed by atoms with Gasteiger partial charge in [-0.1, -0.05) is 49.7 Å². The van der Waals surface area contributed by atoms with Gasteiger partial charge in [0.05, 0.1) is 10.5 Å². The maximum Gasteiger partial charge on any atom is 0.137 e. The normalized spacial score (nSPS) is 12.4. The lowest BCUT2D eigenvalue weighted by molar-refractivity contribution is 0.597. The van der Waals surface area contributed by atoms with Crippen LogP contribution in [0, 0.1) is 5.82 Å². The van der Waals surface area contributed by atoms with E-state index in [1.54, 1.807) is 6.07 Å². The summed E-state index contributed by atoms with van der Waals surface area (Å²) in [4.78, 5) is 0. The fraction of sp³-hybridized carbons (Fsp3) is 0.250. The number of hydrogen-bond donors (Lipinski definition) is 2. The van der Waals surface area contributed by atoms with Gasteiger partial charge in [-0.05, 0) is 45.1 Å². The minimum absolute atomic E-state index is 0.239. The van der Waals surface area contributed by atoms with Gasteiger partial charge < -0.3 is 0 Å². The van der Waals surface area contributed by atoms with Crippen molar-refractivity contribution in [3.05, 3.63) is 69.4 Å². The zero-order chi connectivity index (χ0) is 14.5. The maximum atomic E-state index is 13.7. The Bertz CT molecular complexity index is 586. The maximum absolute atomic E-state index is 13.7. The van der Waals surface area contributed by atoms with E-state index in [4.69, 9.17) is 5.84 Å². The molecule has 0 spiro atoms. The minimum Gasteiger partial charge on any atom is -0.271 e. The lowest BCUT2D eigenvalue weighted by Crippen LogP contribution is -2.29. The minimum atomic E-state index is -0.285. The van der Waals surface area contributed by atoms with Crippen LogP contribution in [0.3, 0.4) is 0 Å². The Kier molecular flexibility index (Phi) is 5.29. The van der Waals surface area contributed by atoms with Crippen LogP contribution in [0.25, 0.3) is 0 Å². The van der Waals surface area contributed by atoms with E-state index in [1.807, 2.05) is 18.2 Å². The molecule has 3 N–H and O–H groups in total. The Morgan fingerprint density at radius 1 is 1.25 bits per heavy atom. The molecule has 0 radical (unpaired) electrons. The van der Waals surface area contributed by atoms with E-state index in [0.29, 0.717) is 4.47 Å². The number of rotatable bonds is 5. The zero-order valence-corrected chi connectivity index (χ0v) is 13.0. The molecule has 0 aromatic heterocycles. The molecular weight excluding hydrogens is 319 g/mol. The first-order valence-corrected chi connectivity index (χ1v) is 7.45. The number of benzene rings is 2. The molecule has 1 atom stereocenters. The van der Waals surface area contributed by atoms with E-state index in [0.717, 1.165) is 24.0 Å². The Morgan fingerprint density at radius 2 is 2.00 bits per heavy atom. The van der Waals surface area contributed by atoms with Crippen molar-refractivity contribution in [1.82, 2.24) is 5.43 Å². The molecule has 20 heavy (non-hydrogen) atoms. The number of hydrogen-bond acceptors (Lipinski definition) is 2. The first-order valence-electron chi connectivity index (χ1n) is 6.66. The van der Waals surface area contributed by atoms with Crippen LogP contribution in [-0.4, -0.2) is 0 Å². The van der Waals surface area contributed by atoms with E-state index in [9.17, 15) is 4.39 Å².